The molecule has 1 aromatic carbocycles. The Morgan fingerprint density at radius 2 is 2.17 bits per heavy atom. The zero-order chi connectivity index (χ0) is 21.3. The highest BCUT2D eigenvalue weighted by molar-refractivity contribution is 6.32. The van der Waals surface area contributed by atoms with E-state index in [1.807, 2.05) is 6.07 Å². The highest BCUT2D eigenvalue weighted by atomic mass is 35.5. The van der Waals surface area contributed by atoms with Gasteiger partial charge in [-0.1, -0.05) is 16.8 Å². The lowest BCUT2D eigenvalue weighted by molar-refractivity contribution is 0.0700. The Morgan fingerprint density at radius 1 is 1.40 bits per heavy atom. The summed E-state index contributed by atoms with van der Waals surface area (Å²) < 4.78 is 7.73. The molecule has 0 saturated carbocycles. The first kappa shape index (κ1) is 18.5. The number of hydrogen-bond donors (Lipinski definition) is 1. The molecule has 2 aliphatic heterocycles. The van der Waals surface area contributed by atoms with Crippen molar-refractivity contribution in [2.24, 2.45) is 0 Å². The number of carbonyl (C=O) groups excluding carboxylic acids is 1. The molecule has 0 aliphatic carbocycles. The fraction of sp³-hybridized carbons (Fsp3) is 0.300. The summed E-state index contributed by atoms with van der Waals surface area (Å²) in [5, 5.41) is 24.2. The number of aromatic hydroxyl groups is 1. The fourth-order valence-corrected chi connectivity index (χ4v) is 4.71. The standard InChI is InChI=1S/C20H16ClN5O4/c1-9-5-13(23-30-9)18(27)24-8-12-6-15(24)17-19(28)26(20(29)25(12)17)14-4-3-11(7-22)16(21)10(14)2/h3-5,12,15,28H,6,8H2,1-2H3/t12-,15-/m0/s1. The number of carbonyl (C=O) groups is 1. The maximum absolute atomic E-state index is 13.2. The van der Waals surface area contributed by atoms with Gasteiger partial charge in [0.1, 0.15) is 17.5 Å². The van der Waals surface area contributed by atoms with Gasteiger partial charge < -0.3 is 14.5 Å². The van der Waals surface area contributed by atoms with Crippen LogP contribution in [-0.4, -0.2) is 36.7 Å². The van der Waals surface area contributed by atoms with E-state index >= 15 is 0 Å². The average molecular weight is 426 g/mol. The van der Waals surface area contributed by atoms with Gasteiger partial charge in [-0.3, -0.25) is 9.36 Å². The smallest absolute Gasteiger partial charge is 0.336 e. The average Bonchev–Trinajstić information content (AvgIpc) is 3.48. The minimum atomic E-state index is -0.442. The zero-order valence-corrected chi connectivity index (χ0v) is 16.8. The van der Waals surface area contributed by atoms with Gasteiger partial charge in [0.25, 0.3) is 5.91 Å². The number of likely N-dealkylation sites (tertiary alicyclic amines) is 1. The van der Waals surface area contributed by atoms with E-state index in [0.717, 1.165) is 0 Å². The summed E-state index contributed by atoms with van der Waals surface area (Å²) in [4.78, 5) is 27.7. The predicted octanol–water partition coefficient (Wildman–Crippen LogP) is 2.62. The largest absolute Gasteiger partial charge is 0.493 e. The second kappa shape index (κ2) is 6.24. The Labute approximate surface area is 175 Å². The van der Waals surface area contributed by atoms with Crippen molar-refractivity contribution in [3.05, 3.63) is 62.0 Å². The molecule has 1 N–H and O–H groups in total. The van der Waals surface area contributed by atoms with Crippen LogP contribution in [0.1, 0.15) is 51.6 Å². The third kappa shape index (κ3) is 2.31. The highest BCUT2D eigenvalue weighted by Gasteiger charge is 2.49. The van der Waals surface area contributed by atoms with E-state index in [-0.39, 0.29) is 34.1 Å². The SMILES string of the molecule is Cc1cc(C(=O)N2C[C@@H]3C[C@H]2c2c(O)n(-c4ccc(C#N)c(Cl)c4C)c(=O)n23)no1. The van der Waals surface area contributed by atoms with Crippen LogP contribution in [0, 0.1) is 25.2 Å². The minimum absolute atomic E-state index is 0.197. The van der Waals surface area contributed by atoms with E-state index in [1.165, 1.54) is 10.6 Å². The third-order valence-corrected chi connectivity index (χ3v) is 6.37. The van der Waals surface area contributed by atoms with Crippen LogP contribution < -0.4 is 5.69 Å². The highest BCUT2D eigenvalue weighted by Crippen LogP contribution is 2.49. The van der Waals surface area contributed by atoms with Gasteiger partial charge in [-0.2, -0.15) is 5.26 Å². The fourth-order valence-electron chi connectivity index (χ4n) is 4.51. The van der Waals surface area contributed by atoms with E-state index in [2.05, 4.69) is 5.16 Å². The summed E-state index contributed by atoms with van der Waals surface area (Å²) in [5.74, 6) is -0.00482. The molecule has 2 aromatic heterocycles. The van der Waals surface area contributed by atoms with Crippen LogP contribution in [0.15, 0.2) is 27.5 Å². The van der Waals surface area contributed by atoms with Gasteiger partial charge in [0.2, 0.25) is 5.88 Å². The molecule has 3 aromatic rings. The molecule has 2 bridgehead atoms. The van der Waals surface area contributed by atoms with Crippen molar-refractivity contribution in [1.82, 2.24) is 19.2 Å². The number of imidazole rings is 1. The van der Waals surface area contributed by atoms with Crippen LogP contribution in [0.4, 0.5) is 0 Å². The molecule has 10 heteroatoms. The molecular formula is C20H16ClN5O4. The Bertz CT molecular complexity index is 1330. The van der Waals surface area contributed by atoms with Crippen LogP contribution >= 0.6 is 11.6 Å². The normalized spacial score (nSPS) is 19.2. The number of nitriles is 1. The monoisotopic (exact) mass is 425 g/mol. The van der Waals surface area contributed by atoms with Crippen molar-refractivity contribution in [3.8, 4) is 17.6 Å². The van der Waals surface area contributed by atoms with Gasteiger partial charge >= 0.3 is 5.69 Å². The number of benzene rings is 1. The van der Waals surface area contributed by atoms with Gasteiger partial charge in [-0.05, 0) is 38.0 Å². The van der Waals surface area contributed by atoms with Crippen molar-refractivity contribution in [2.45, 2.75) is 32.4 Å². The molecule has 0 radical (unpaired) electrons. The molecule has 30 heavy (non-hydrogen) atoms. The van der Waals surface area contributed by atoms with E-state index < -0.39 is 11.7 Å². The molecule has 2 atom stereocenters. The van der Waals surface area contributed by atoms with Gasteiger partial charge in [0, 0.05) is 12.6 Å². The van der Waals surface area contributed by atoms with Gasteiger partial charge in [0.05, 0.1) is 28.4 Å². The lowest BCUT2D eigenvalue weighted by Gasteiger charge is -2.26. The molecule has 9 nitrogen and oxygen atoms in total. The Morgan fingerprint density at radius 3 is 2.83 bits per heavy atom. The Kier molecular flexibility index (Phi) is 3.85. The number of fused-ring (bicyclic) bond motifs is 5. The summed E-state index contributed by atoms with van der Waals surface area (Å²) in [6.07, 6.45) is 0.550. The molecule has 0 unspecified atom stereocenters. The maximum Gasteiger partial charge on any atom is 0.336 e. The van der Waals surface area contributed by atoms with Crippen LogP contribution in [-0.2, 0) is 0 Å². The number of rotatable bonds is 2. The minimum Gasteiger partial charge on any atom is -0.493 e. The Balaban J connectivity index is 1.61. The van der Waals surface area contributed by atoms with Crippen molar-refractivity contribution in [1.29, 1.82) is 5.26 Å². The topological polar surface area (TPSA) is 117 Å². The number of halogens is 1. The van der Waals surface area contributed by atoms with Crippen molar-refractivity contribution < 1.29 is 14.4 Å². The summed E-state index contributed by atoms with van der Waals surface area (Å²) in [7, 11) is 0. The lowest BCUT2D eigenvalue weighted by atomic mass is 10.1. The first-order valence-corrected chi connectivity index (χ1v) is 9.71. The van der Waals surface area contributed by atoms with E-state index in [4.69, 9.17) is 21.4 Å². The van der Waals surface area contributed by atoms with Crippen molar-refractivity contribution in [2.75, 3.05) is 6.54 Å². The number of aromatic nitrogens is 3. The maximum atomic E-state index is 13.2. The van der Waals surface area contributed by atoms with Crippen LogP contribution in [0.5, 0.6) is 5.88 Å². The Hall–Kier alpha value is -3.51. The molecule has 1 amide bonds. The summed E-state index contributed by atoms with van der Waals surface area (Å²) in [6.45, 7) is 3.73. The lowest BCUT2D eigenvalue weighted by Crippen LogP contribution is -2.38. The van der Waals surface area contributed by atoms with Crippen LogP contribution in [0.25, 0.3) is 5.69 Å². The quantitative estimate of drug-likeness (QED) is 0.674. The van der Waals surface area contributed by atoms with Crippen molar-refractivity contribution in [3.63, 3.8) is 0 Å². The zero-order valence-electron chi connectivity index (χ0n) is 16.1. The molecule has 4 heterocycles. The molecular weight excluding hydrogens is 410 g/mol. The van der Waals surface area contributed by atoms with Crippen molar-refractivity contribution >= 4 is 17.5 Å². The van der Waals surface area contributed by atoms with E-state index in [9.17, 15) is 14.7 Å². The van der Waals surface area contributed by atoms with Gasteiger partial charge in [0.15, 0.2) is 5.69 Å². The second-order valence-electron chi connectivity index (χ2n) is 7.57. The summed E-state index contributed by atoms with van der Waals surface area (Å²) in [5.41, 5.74) is 1.39. The number of amides is 1. The number of hydrogen-bond acceptors (Lipinski definition) is 6. The second-order valence-corrected chi connectivity index (χ2v) is 7.94. The summed E-state index contributed by atoms with van der Waals surface area (Å²) in [6, 6.07) is 5.97. The molecule has 152 valence electrons. The first-order valence-electron chi connectivity index (χ1n) is 9.33. The molecule has 1 fully saturated rings. The van der Waals surface area contributed by atoms with Crippen LogP contribution in [0.3, 0.4) is 0 Å². The molecule has 1 saturated heterocycles. The molecule has 0 spiro atoms. The van der Waals surface area contributed by atoms with Gasteiger partial charge in [-0.25, -0.2) is 9.36 Å². The summed E-state index contributed by atoms with van der Waals surface area (Å²) >= 11 is 6.26. The van der Waals surface area contributed by atoms with Crippen LogP contribution in [0.2, 0.25) is 5.02 Å². The molecule has 5 rings (SSSR count). The van der Waals surface area contributed by atoms with E-state index in [0.29, 0.717) is 35.7 Å². The number of nitrogens with zero attached hydrogens (tertiary/aromatic N) is 5. The van der Waals surface area contributed by atoms with Gasteiger partial charge in [-0.15, -0.1) is 0 Å². The third-order valence-electron chi connectivity index (χ3n) is 5.88. The van der Waals surface area contributed by atoms with E-state index in [1.54, 1.807) is 35.4 Å². The number of aryl methyl sites for hydroxylation is 1. The first-order chi connectivity index (χ1) is 14.3. The predicted molar refractivity (Wildman–Crippen MR) is 105 cm³/mol. The molecule has 2 aliphatic rings.